The highest BCUT2D eigenvalue weighted by molar-refractivity contribution is 6.31. The molecule has 0 amide bonds. The van der Waals surface area contributed by atoms with Crippen LogP contribution in [-0.4, -0.2) is 17.2 Å². The molecule has 0 aliphatic carbocycles. The number of methoxy groups -OCH3 is 1. The standard InChI is InChI=1S/C21H16ClNO4/c1-11-9-17(24)19(21(25)27-11)18-15-8-5-13(22)10-16(15)23-20(18)12-3-6-14(26-2)7-4-12/h3-10,23-24H,1-2H3. The van der Waals surface area contributed by atoms with Crippen LogP contribution in [0.15, 0.2) is 57.7 Å². The van der Waals surface area contributed by atoms with Gasteiger partial charge in [-0.05, 0) is 48.9 Å². The Morgan fingerprint density at radius 3 is 2.48 bits per heavy atom. The van der Waals surface area contributed by atoms with Gasteiger partial charge in [-0.25, -0.2) is 4.79 Å². The molecule has 0 bridgehead atoms. The van der Waals surface area contributed by atoms with E-state index in [1.807, 2.05) is 30.3 Å². The number of hydrogen-bond donors (Lipinski definition) is 2. The van der Waals surface area contributed by atoms with Crippen molar-refractivity contribution in [3.63, 3.8) is 0 Å². The molecule has 136 valence electrons. The molecule has 2 N–H and O–H groups in total. The Balaban J connectivity index is 2.07. The predicted molar refractivity (Wildman–Crippen MR) is 106 cm³/mol. The van der Waals surface area contributed by atoms with Crippen LogP contribution in [0, 0.1) is 6.92 Å². The highest BCUT2D eigenvalue weighted by Gasteiger charge is 2.22. The van der Waals surface area contributed by atoms with Crippen LogP contribution < -0.4 is 10.4 Å². The number of nitrogens with one attached hydrogen (secondary N) is 1. The third kappa shape index (κ3) is 2.96. The Morgan fingerprint density at radius 2 is 1.81 bits per heavy atom. The highest BCUT2D eigenvalue weighted by atomic mass is 35.5. The maximum Gasteiger partial charge on any atom is 0.347 e. The van der Waals surface area contributed by atoms with E-state index in [-0.39, 0.29) is 11.3 Å². The Labute approximate surface area is 159 Å². The summed E-state index contributed by atoms with van der Waals surface area (Å²) < 4.78 is 10.5. The van der Waals surface area contributed by atoms with E-state index < -0.39 is 5.63 Å². The molecule has 0 aliphatic rings. The molecule has 0 atom stereocenters. The number of fused-ring (bicyclic) bond motifs is 1. The van der Waals surface area contributed by atoms with Crippen LogP contribution in [0.5, 0.6) is 11.5 Å². The number of aryl methyl sites for hydroxylation is 1. The third-order valence-electron chi connectivity index (χ3n) is 4.44. The average molecular weight is 382 g/mol. The average Bonchev–Trinajstić information content (AvgIpc) is 2.99. The molecule has 2 aromatic carbocycles. The van der Waals surface area contributed by atoms with Crippen molar-refractivity contribution in [2.45, 2.75) is 6.92 Å². The molecule has 0 unspecified atom stereocenters. The molecule has 0 spiro atoms. The zero-order chi connectivity index (χ0) is 19.1. The van der Waals surface area contributed by atoms with Gasteiger partial charge in [0.2, 0.25) is 0 Å². The van der Waals surface area contributed by atoms with Crippen molar-refractivity contribution in [1.82, 2.24) is 4.98 Å². The Kier molecular flexibility index (Phi) is 4.16. The molecule has 0 fully saturated rings. The van der Waals surface area contributed by atoms with E-state index in [4.69, 9.17) is 20.8 Å². The van der Waals surface area contributed by atoms with E-state index in [1.165, 1.54) is 6.07 Å². The van der Waals surface area contributed by atoms with Crippen molar-refractivity contribution in [3.8, 4) is 33.9 Å². The fourth-order valence-electron chi connectivity index (χ4n) is 3.23. The lowest BCUT2D eigenvalue weighted by molar-refractivity contribution is 0.415. The van der Waals surface area contributed by atoms with Crippen LogP contribution >= 0.6 is 11.6 Å². The molecule has 6 heteroatoms. The summed E-state index contributed by atoms with van der Waals surface area (Å²) in [7, 11) is 1.60. The Morgan fingerprint density at radius 1 is 1.07 bits per heavy atom. The van der Waals surface area contributed by atoms with Gasteiger partial charge < -0.3 is 19.2 Å². The van der Waals surface area contributed by atoms with Gasteiger partial charge in [0.15, 0.2) is 0 Å². The number of ether oxygens (including phenoxy) is 1. The van der Waals surface area contributed by atoms with Gasteiger partial charge >= 0.3 is 5.63 Å². The molecule has 4 rings (SSSR count). The third-order valence-corrected chi connectivity index (χ3v) is 4.68. The minimum atomic E-state index is -0.599. The SMILES string of the molecule is COc1ccc(-c2[nH]c3cc(Cl)ccc3c2-c2c(O)cc(C)oc2=O)cc1. The maximum atomic E-state index is 12.6. The second-order valence-corrected chi connectivity index (χ2v) is 6.63. The first kappa shape index (κ1) is 17.2. The summed E-state index contributed by atoms with van der Waals surface area (Å²) in [4.78, 5) is 15.9. The molecular weight excluding hydrogens is 366 g/mol. The van der Waals surface area contributed by atoms with E-state index in [9.17, 15) is 9.90 Å². The summed E-state index contributed by atoms with van der Waals surface area (Å²) >= 11 is 6.13. The summed E-state index contributed by atoms with van der Waals surface area (Å²) in [6.45, 7) is 1.62. The molecule has 0 radical (unpaired) electrons. The molecule has 2 aromatic heterocycles. The molecule has 27 heavy (non-hydrogen) atoms. The number of aromatic nitrogens is 1. The lowest BCUT2D eigenvalue weighted by Gasteiger charge is -2.08. The Hall–Kier alpha value is -3.18. The van der Waals surface area contributed by atoms with Crippen LogP contribution in [0.4, 0.5) is 0 Å². The lowest BCUT2D eigenvalue weighted by atomic mass is 9.99. The van der Waals surface area contributed by atoms with Crippen molar-refractivity contribution >= 4 is 22.5 Å². The van der Waals surface area contributed by atoms with Crippen LogP contribution in [0.25, 0.3) is 33.3 Å². The number of benzene rings is 2. The fourth-order valence-corrected chi connectivity index (χ4v) is 3.40. The smallest absolute Gasteiger partial charge is 0.347 e. The zero-order valence-corrected chi connectivity index (χ0v) is 15.4. The van der Waals surface area contributed by atoms with Gasteiger partial charge in [0.25, 0.3) is 0 Å². The van der Waals surface area contributed by atoms with E-state index in [2.05, 4.69) is 4.98 Å². The van der Waals surface area contributed by atoms with Crippen molar-refractivity contribution < 1.29 is 14.3 Å². The van der Waals surface area contributed by atoms with Crippen LogP contribution in [0.2, 0.25) is 5.02 Å². The summed E-state index contributed by atoms with van der Waals surface area (Å²) in [6.07, 6.45) is 0. The summed E-state index contributed by atoms with van der Waals surface area (Å²) in [6, 6.07) is 14.2. The van der Waals surface area contributed by atoms with Crippen LogP contribution in [0.1, 0.15) is 5.76 Å². The second kappa shape index (κ2) is 6.52. The molecule has 0 saturated heterocycles. The fraction of sp³-hybridized carbons (Fsp3) is 0.0952. The van der Waals surface area contributed by atoms with Gasteiger partial charge in [-0.1, -0.05) is 17.7 Å². The van der Waals surface area contributed by atoms with Crippen molar-refractivity contribution in [2.75, 3.05) is 7.11 Å². The largest absolute Gasteiger partial charge is 0.507 e. The van der Waals surface area contributed by atoms with Crippen LogP contribution in [0.3, 0.4) is 0 Å². The molecular formula is C21H16ClNO4. The number of aromatic amines is 1. The van der Waals surface area contributed by atoms with E-state index in [0.717, 1.165) is 22.2 Å². The first-order valence-electron chi connectivity index (χ1n) is 8.27. The first-order valence-corrected chi connectivity index (χ1v) is 8.65. The number of halogens is 1. The number of hydrogen-bond acceptors (Lipinski definition) is 4. The molecule has 4 aromatic rings. The summed E-state index contributed by atoms with van der Waals surface area (Å²) in [5.41, 5.74) is 2.35. The second-order valence-electron chi connectivity index (χ2n) is 6.20. The summed E-state index contributed by atoms with van der Waals surface area (Å²) in [5, 5.41) is 11.8. The highest BCUT2D eigenvalue weighted by Crippen LogP contribution is 2.41. The van der Waals surface area contributed by atoms with E-state index >= 15 is 0 Å². The topological polar surface area (TPSA) is 75.5 Å². The predicted octanol–water partition coefficient (Wildman–Crippen LogP) is 5.13. The van der Waals surface area contributed by atoms with E-state index in [0.29, 0.717) is 22.0 Å². The Bertz CT molecular complexity index is 1210. The monoisotopic (exact) mass is 381 g/mol. The van der Waals surface area contributed by atoms with Crippen molar-refractivity contribution in [3.05, 3.63) is 69.7 Å². The normalized spacial score (nSPS) is 11.1. The van der Waals surface area contributed by atoms with Gasteiger partial charge in [0.1, 0.15) is 22.8 Å². The molecule has 0 aliphatic heterocycles. The van der Waals surface area contributed by atoms with Gasteiger partial charge in [0.05, 0.1) is 12.8 Å². The van der Waals surface area contributed by atoms with Gasteiger partial charge in [-0.3, -0.25) is 0 Å². The van der Waals surface area contributed by atoms with E-state index in [1.54, 1.807) is 26.2 Å². The zero-order valence-electron chi connectivity index (χ0n) is 14.7. The molecule has 0 saturated carbocycles. The van der Waals surface area contributed by atoms with Gasteiger partial charge in [0, 0.05) is 27.6 Å². The van der Waals surface area contributed by atoms with Crippen molar-refractivity contribution in [2.24, 2.45) is 0 Å². The quantitative estimate of drug-likeness (QED) is 0.515. The number of H-pyrrole nitrogens is 1. The van der Waals surface area contributed by atoms with Gasteiger partial charge in [-0.15, -0.1) is 0 Å². The minimum absolute atomic E-state index is 0.111. The van der Waals surface area contributed by atoms with Gasteiger partial charge in [-0.2, -0.15) is 0 Å². The molecule has 5 nitrogen and oxygen atoms in total. The molecule has 2 heterocycles. The first-order chi connectivity index (χ1) is 13.0. The number of aromatic hydroxyl groups is 1. The lowest BCUT2D eigenvalue weighted by Crippen LogP contribution is -2.04. The number of rotatable bonds is 3. The van der Waals surface area contributed by atoms with Crippen LogP contribution in [-0.2, 0) is 0 Å². The van der Waals surface area contributed by atoms with Crippen molar-refractivity contribution in [1.29, 1.82) is 0 Å². The maximum absolute atomic E-state index is 12.6. The summed E-state index contributed by atoms with van der Waals surface area (Å²) in [5.74, 6) is 0.932. The minimum Gasteiger partial charge on any atom is -0.507 e.